The van der Waals surface area contributed by atoms with Gasteiger partial charge in [-0.25, -0.2) is 4.79 Å². The van der Waals surface area contributed by atoms with Crippen LogP contribution in [-0.2, 0) is 21.9 Å². The molecule has 2 aromatic rings. The molecule has 0 aromatic heterocycles. The van der Waals surface area contributed by atoms with Crippen LogP contribution in [0.25, 0.3) is 0 Å². The van der Waals surface area contributed by atoms with Crippen molar-refractivity contribution in [1.82, 2.24) is 5.32 Å². The number of hydrogen-bond donors (Lipinski definition) is 2. The van der Waals surface area contributed by atoms with Crippen molar-refractivity contribution in [2.24, 2.45) is 0 Å². The summed E-state index contributed by atoms with van der Waals surface area (Å²) in [6.07, 6.45) is 0. The maximum Gasteiger partial charge on any atom is 0.384 e. The Hall–Kier alpha value is -2.71. The molecule has 0 heterocycles. The number of benzene rings is 2. The first-order valence-corrected chi connectivity index (χ1v) is 8.00. The Morgan fingerprint density at radius 2 is 1.79 bits per heavy atom. The fraction of sp³-hybridized carbons (Fsp3) is 0.158. The second-order valence-corrected chi connectivity index (χ2v) is 5.22. The Morgan fingerprint density at radius 3 is 2.54 bits per heavy atom. The summed E-state index contributed by atoms with van der Waals surface area (Å²) in [7, 11) is 0. The molecule has 0 aliphatic rings. The third kappa shape index (κ3) is 5.82. The summed E-state index contributed by atoms with van der Waals surface area (Å²) in [6.45, 7) is 0.252. The molecule has 0 radical (unpaired) electrons. The standard InChI is InChI=1S/C19H17NO3S/c21-18(23-13-15-6-2-1-3-7-15)10-5-11-20-19(22)17-9-4-8-16(12-17)14-24/h1-4,6-9,12,24H,11,13-14H2,(H,20,22). The number of nitrogens with one attached hydrogen (secondary N) is 1. The van der Waals surface area contributed by atoms with Gasteiger partial charge in [-0.1, -0.05) is 48.4 Å². The fourth-order valence-electron chi connectivity index (χ4n) is 1.91. The van der Waals surface area contributed by atoms with E-state index in [9.17, 15) is 9.59 Å². The van der Waals surface area contributed by atoms with Gasteiger partial charge in [0.15, 0.2) is 0 Å². The number of ether oxygens (including phenoxy) is 1. The maximum absolute atomic E-state index is 11.9. The minimum Gasteiger partial charge on any atom is -0.451 e. The zero-order valence-electron chi connectivity index (χ0n) is 13.0. The Labute approximate surface area is 146 Å². The number of rotatable bonds is 5. The Balaban J connectivity index is 1.76. The van der Waals surface area contributed by atoms with Crippen LogP contribution in [0, 0.1) is 11.8 Å². The van der Waals surface area contributed by atoms with Crippen molar-refractivity contribution in [3.8, 4) is 11.8 Å². The van der Waals surface area contributed by atoms with Gasteiger partial charge in [0.05, 0.1) is 6.54 Å². The molecule has 24 heavy (non-hydrogen) atoms. The first kappa shape index (κ1) is 17.6. The van der Waals surface area contributed by atoms with Crippen molar-refractivity contribution in [2.75, 3.05) is 6.54 Å². The van der Waals surface area contributed by atoms with Crippen molar-refractivity contribution in [3.63, 3.8) is 0 Å². The molecule has 0 saturated carbocycles. The van der Waals surface area contributed by atoms with E-state index in [4.69, 9.17) is 4.74 Å². The average Bonchev–Trinajstić information content (AvgIpc) is 2.64. The summed E-state index contributed by atoms with van der Waals surface area (Å²) in [4.78, 5) is 23.4. The van der Waals surface area contributed by atoms with Gasteiger partial charge >= 0.3 is 5.97 Å². The lowest BCUT2D eigenvalue weighted by Gasteiger charge is -2.03. The molecule has 2 rings (SSSR count). The Bertz CT molecular complexity index is 763. The smallest absolute Gasteiger partial charge is 0.384 e. The number of amides is 1. The van der Waals surface area contributed by atoms with Crippen molar-refractivity contribution < 1.29 is 14.3 Å². The molecule has 0 fully saturated rings. The molecular formula is C19H17NO3S. The highest BCUT2D eigenvalue weighted by Gasteiger charge is 2.04. The first-order valence-electron chi connectivity index (χ1n) is 7.36. The van der Waals surface area contributed by atoms with E-state index in [0.29, 0.717) is 11.3 Å². The summed E-state index contributed by atoms with van der Waals surface area (Å²) in [6, 6.07) is 16.5. The Morgan fingerprint density at radius 1 is 1.04 bits per heavy atom. The molecule has 0 bridgehead atoms. The predicted molar refractivity (Wildman–Crippen MR) is 95.5 cm³/mol. The highest BCUT2D eigenvalue weighted by atomic mass is 32.1. The summed E-state index contributed by atoms with van der Waals surface area (Å²) in [5.74, 6) is 4.62. The number of esters is 1. The van der Waals surface area contributed by atoms with E-state index in [1.165, 1.54) is 0 Å². The molecule has 0 unspecified atom stereocenters. The molecule has 0 atom stereocenters. The van der Waals surface area contributed by atoms with E-state index in [2.05, 4.69) is 29.8 Å². The first-order chi connectivity index (χ1) is 11.7. The third-order valence-electron chi connectivity index (χ3n) is 3.11. The lowest BCUT2D eigenvalue weighted by molar-refractivity contribution is -0.137. The minimum atomic E-state index is -0.620. The maximum atomic E-state index is 11.9. The van der Waals surface area contributed by atoms with Crippen LogP contribution in [0.3, 0.4) is 0 Å². The van der Waals surface area contributed by atoms with Gasteiger partial charge in [-0.15, -0.1) is 0 Å². The molecule has 0 aliphatic carbocycles. The van der Waals surface area contributed by atoms with Gasteiger partial charge in [-0.05, 0) is 23.3 Å². The van der Waals surface area contributed by atoms with Crippen LogP contribution >= 0.6 is 12.6 Å². The lowest BCUT2D eigenvalue weighted by atomic mass is 10.1. The van der Waals surface area contributed by atoms with E-state index in [1.807, 2.05) is 36.4 Å². The number of carbonyl (C=O) groups excluding carboxylic acids is 2. The zero-order chi connectivity index (χ0) is 17.2. The van der Waals surface area contributed by atoms with Crippen molar-refractivity contribution in [2.45, 2.75) is 12.4 Å². The highest BCUT2D eigenvalue weighted by Crippen LogP contribution is 2.07. The number of hydrogen-bond acceptors (Lipinski definition) is 4. The van der Waals surface area contributed by atoms with Crippen molar-refractivity contribution >= 4 is 24.5 Å². The second kappa shape index (κ2) is 9.43. The zero-order valence-corrected chi connectivity index (χ0v) is 13.9. The molecule has 0 spiro atoms. The molecule has 0 aliphatic heterocycles. The van der Waals surface area contributed by atoms with Crippen LogP contribution in [0.15, 0.2) is 54.6 Å². The van der Waals surface area contributed by atoms with Crippen LogP contribution in [0.2, 0.25) is 0 Å². The molecule has 1 amide bonds. The molecule has 5 heteroatoms. The molecule has 4 nitrogen and oxygen atoms in total. The van der Waals surface area contributed by atoms with Gasteiger partial charge in [0.2, 0.25) is 0 Å². The van der Waals surface area contributed by atoms with Gasteiger partial charge in [0.1, 0.15) is 6.61 Å². The molecule has 122 valence electrons. The van der Waals surface area contributed by atoms with Crippen molar-refractivity contribution in [1.29, 1.82) is 0 Å². The molecule has 2 aromatic carbocycles. The van der Waals surface area contributed by atoms with E-state index < -0.39 is 5.97 Å². The second-order valence-electron chi connectivity index (χ2n) is 4.90. The number of thiol groups is 1. The summed E-state index contributed by atoms with van der Waals surface area (Å²) >= 11 is 4.17. The van der Waals surface area contributed by atoms with Gasteiger partial charge in [0.25, 0.3) is 5.91 Å². The summed E-state index contributed by atoms with van der Waals surface area (Å²) in [5, 5.41) is 2.63. The fourth-order valence-corrected chi connectivity index (χ4v) is 2.11. The van der Waals surface area contributed by atoms with Crippen LogP contribution in [0.5, 0.6) is 0 Å². The van der Waals surface area contributed by atoms with Crippen molar-refractivity contribution in [3.05, 3.63) is 71.3 Å². The number of carbonyl (C=O) groups is 2. The average molecular weight is 339 g/mol. The van der Waals surface area contributed by atoms with E-state index >= 15 is 0 Å². The van der Waals surface area contributed by atoms with E-state index in [1.54, 1.807) is 18.2 Å². The molecule has 0 saturated heterocycles. The third-order valence-corrected chi connectivity index (χ3v) is 3.48. The van der Waals surface area contributed by atoms with Gasteiger partial charge in [-0.3, -0.25) is 4.79 Å². The predicted octanol–water partition coefficient (Wildman–Crippen LogP) is 2.59. The minimum absolute atomic E-state index is 0.0738. The van der Waals surface area contributed by atoms with Gasteiger partial charge in [0, 0.05) is 17.2 Å². The van der Waals surface area contributed by atoms with Gasteiger partial charge in [-0.2, -0.15) is 12.6 Å². The summed E-state index contributed by atoms with van der Waals surface area (Å²) < 4.78 is 5.02. The largest absolute Gasteiger partial charge is 0.451 e. The molecular weight excluding hydrogens is 322 g/mol. The highest BCUT2D eigenvalue weighted by molar-refractivity contribution is 7.79. The monoisotopic (exact) mass is 339 g/mol. The summed E-state index contributed by atoms with van der Waals surface area (Å²) in [5.41, 5.74) is 2.39. The van der Waals surface area contributed by atoms with Crippen LogP contribution in [0.1, 0.15) is 21.5 Å². The SMILES string of the molecule is O=C(C#CCNC(=O)c1cccc(CS)c1)OCc1ccccc1. The van der Waals surface area contributed by atoms with E-state index in [0.717, 1.165) is 11.1 Å². The quantitative estimate of drug-likeness (QED) is 0.381. The van der Waals surface area contributed by atoms with Crippen LogP contribution in [0.4, 0.5) is 0 Å². The molecule has 1 N–H and O–H groups in total. The van der Waals surface area contributed by atoms with E-state index in [-0.39, 0.29) is 19.1 Å². The van der Waals surface area contributed by atoms with Crippen LogP contribution < -0.4 is 5.32 Å². The van der Waals surface area contributed by atoms with Gasteiger partial charge < -0.3 is 10.1 Å². The van der Waals surface area contributed by atoms with Crippen LogP contribution in [-0.4, -0.2) is 18.4 Å². The Kier molecular flexibility index (Phi) is 6.93. The lowest BCUT2D eigenvalue weighted by Crippen LogP contribution is -2.23. The topological polar surface area (TPSA) is 55.4 Å². The normalized spacial score (nSPS) is 9.54.